The number of rotatable bonds is 5. The van der Waals surface area contributed by atoms with Crippen molar-refractivity contribution in [2.45, 2.75) is 25.0 Å². The van der Waals surface area contributed by atoms with E-state index in [9.17, 15) is 5.11 Å². The summed E-state index contributed by atoms with van der Waals surface area (Å²) in [6, 6.07) is 3.72. The Hall–Kier alpha value is -1.26. The zero-order valence-electron chi connectivity index (χ0n) is 10.4. The van der Waals surface area contributed by atoms with Gasteiger partial charge >= 0.3 is 0 Å². The van der Waals surface area contributed by atoms with Crippen molar-refractivity contribution in [2.75, 3.05) is 21.3 Å². The summed E-state index contributed by atoms with van der Waals surface area (Å²) >= 11 is 0. The van der Waals surface area contributed by atoms with Crippen LogP contribution in [0, 0.1) is 0 Å². The van der Waals surface area contributed by atoms with Gasteiger partial charge in [-0.15, -0.1) is 0 Å². The number of hydrogen-bond donors (Lipinski definition) is 1. The molecule has 94 valence electrons. The van der Waals surface area contributed by atoms with Crippen molar-refractivity contribution >= 4 is 0 Å². The average molecular weight is 238 g/mol. The summed E-state index contributed by atoms with van der Waals surface area (Å²) in [7, 11) is 4.84. The molecule has 0 saturated heterocycles. The maximum atomic E-state index is 10.2. The Morgan fingerprint density at radius 2 is 1.76 bits per heavy atom. The van der Waals surface area contributed by atoms with Crippen LogP contribution in [0.5, 0.6) is 11.5 Å². The molecule has 17 heavy (non-hydrogen) atoms. The lowest BCUT2D eigenvalue weighted by molar-refractivity contribution is 0.146. The predicted octanol–water partition coefficient (Wildman–Crippen LogP) is 1.83. The van der Waals surface area contributed by atoms with E-state index in [1.54, 1.807) is 27.4 Å². The van der Waals surface area contributed by atoms with Crippen molar-refractivity contribution in [1.82, 2.24) is 0 Å². The van der Waals surface area contributed by atoms with Crippen LogP contribution in [0.3, 0.4) is 0 Å². The Balaban J connectivity index is 2.46. The molecule has 4 nitrogen and oxygen atoms in total. The van der Waals surface area contributed by atoms with Crippen LogP contribution < -0.4 is 9.47 Å². The molecule has 0 heterocycles. The van der Waals surface area contributed by atoms with Crippen molar-refractivity contribution in [2.24, 2.45) is 0 Å². The molecule has 2 rings (SSSR count). The molecule has 0 atom stereocenters. The summed E-state index contributed by atoms with van der Waals surface area (Å²) in [5.41, 5.74) is 1.03. The van der Waals surface area contributed by atoms with E-state index < -0.39 is 5.60 Å². The first-order valence-corrected chi connectivity index (χ1v) is 5.61. The lowest BCUT2D eigenvalue weighted by atomic mass is 10.0. The van der Waals surface area contributed by atoms with E-state index in [0.29, 0.717) is 12.4 Å². The second kappa shape index (κ2) is 4.55. The molecule has 0 radical (unpaired) electrons. The van der Waals surface area contributed by atoms with Crippen LogP contribution in [-0.2, 0) is 16.9 Å². The Morgan fingerprint density at radius 3 is 2.24 bits per heavy atom. The molecule has 1 aliphatic carbocycles. The highest BCUT2D eigenvalue weighted by Crippen LogP contribution is 2.50. The summed E-state index contributed by atoms with van der Waals surface area (Å²) in [6.07, 6.45) is 1.56. The molecule has 0 spiro atoms. The fourth-order valence-electron chi connectivity index (χ4n) is 1.98. The molecule has 1 aromatic carbocycles. The van der Waals surface area contributed by atoms with E-state index in [1.807, 2.05) is 6.07 Å². The average Bonchev–Trinajstić information content (AvgIpc) is 3.08. The van der Waals surface area contributed by atoms with E-state index in [-0.39, 0.29) is 0 Å². The third kappa shape index (κ3) is 2.23. The molecule has 1 aliphatic rings. The van der Waals surface area contributed by atoms with Crippen LogP contribution in [-0.4, -0.2) is 26.4 Å². The molecular weight excluding hydrogens is 220 g/mol. The smallest absolute Gasteiger partial charge is 0.128 e. The third-order valence-corrected chi connectivity index (χ3v) is 3.13. The number of hydrogen-bond acceptors (Lipinski definition) is 4. The summed E-state index contributed by atoms with van der Waals surface area (Å²) in [5.74, 6) is 1.39. The van der Waals surface area contributed by atoms with Gasteiger partial charge in [-0.05, 0) is 18.9 Å². The summed E-state index contributed by atoms with van der Waals surface area (Å²) in [5, 5.41) is 10.2. The highest BCUT2D eigenvalue weighted by molar-refractivity contribution is 5.50. The van der Waals surface area contributed by atoms with E-state index in [2.05, 4.69) is 0 Å². The summed E-state index contributed by atoms with van der Waals surface area (Å²) in [4.78, 5) is 0. The normalized spacial score (nSPS) is 16.7. The lowest BCUT2D eigenvalue weighted by Crippen LogP contribution is -2.09. The molecule has 0 amide bonds. The van der Waals surface area contributed by atoms with Gasteiger partial charge in [0.1, 0.15) is 11.5 Å². The number of aliphatic hydroxyl groups is 1. The standard InChI is InChI=1S/C13H18O4/c1-15-8-9-6-10(13(14)4-5-13)12(17-3)7-11(9)16-2/h6-7,14H,4-5,8H2,1-3H3. The minimum absolute atomic E-state index is 0.455. The monoisotopic (exact) mass is 238 g/mol. The quantitative estimate of drug-likeness (QED) is 0.850. The Kier molecular flexibility index (Phi) is 3.26. The summed E-state index contributed by atoms with van der Waals surface area (Å²) in [6.45, 7) is 0.455. The van der Waals surface area contributed by atoms with Gasteiger partial charge in [0.05, 0.1) is 26.4 Å². The van der Waals surface area contributed by atoms with Crippen LogP contribution in [0.4, 0.5) is 0 Å². The molecule has 1 fully saturated rings. The largest absolute Gasteiger partial charge is 0.496 e. The van der Waals surface area contributed by atoms with E-state index >= 15 is 0 Å². The van der Waals surface area contributed by atoms with Gasteiger partial charge in [0, 0.05) is 24.3 Å². The first kappa shape index (κ1) is 12.2. The maximum absolute atomic E-state index is 10.2. The van der Waals surface area contributed by atoms with E-state index in [4.69, 9.17) is 14.2 Å². The molecular formula is C13H18O4. The van der Waals surface area contributed by atoms with Gasteiger partial charge in [-0.3, -0.25) is 0 Å². The molecule has 0 unspecified atom stereocenters. The molecule has 1 N–H and O–H groups in total. The Morgan fingerprint density at radius 1 is 1.12 bits per heavy atom. The van der Waals surface area contributed by atoms with Crippen LogP contribution in [0.1, 0.15) is 24.0 Å². The van der Waals surface area contributed by atoms with Gasteiger partial charge in [0.15, 0.2) is 0 Å². The van der Waals surface area contributed by atoms with E-state index in [0.717, 1.165) is 29.7 Å². The fourth-order valence-corrected chi connectivity index (χ4v) is 1.98. The molecule has 0 aliphatic heterocycles. The fraction of sp³-hybridized carbons (Fsp3) is 0.538. The SMILES string of the molecule is COCc1cc(C2(O)CC2)c(OC)cc1OC. The highest BCUT2D eigenvalue weighted by atomic mass is 16.5. The van der Waals surface area contributed by atoms with Gasteiger partial charge in [-0.1, -0.05) is 0 Å². The van der Waals surface area contributed by atoms with Crippen LogP contribution >= 0.6 is 0 Å². The number of benzene rings is 1. The molecule has 1 aromatic rings. The number of ether oxygens (including phenoxy) is 3. The second-order valence-electron chi connectivity index (χ2n) is 4.33. The molecule has 0 aromatic heterocycles. The van der Waals surface area contributed by atoms with Crippen molar-refractivity contribution in [3.8, 4) is 11.5 Å². The maximum Gasteiger partial charge on any atom is 0.128 e. The van der Waals surface area contributed by atoms with Crippen molar-refractivity contribution in [3.05, 3.63) is 23.3 Å². The molecule has 4 heteroatoms. The van der Waals surface area contributed by atoms with Gasteiger partial charge in [-0.25, -0.2) is 0 Å². The first-order chi connectivity index (χ1) is 8.14. The van der Waals surface area contributed by atoms with Crippen molar-refractivity contribution in [3.63, 3.8) is 0 Å². The third-order valence-electron chi connectivity index (χ3n) is 3.13. The molecule has 1 saturated carbocycles. The highest BCUT2D eigenvalue weighted by Gasteiger charge is 2.44. The Bertz CT molecular complexity index is 410. The minimum Gasteiger partial charge on any atom is -0.496 e. The summed E-state index contributed by atoms with van der Waals surface area (Å²) < 4.78 is 15.7. The van der Waals surface area contributed by atoms with Crippen LogP contribution in [0.25, 0.3) is 0 Å². The van der Waals surface area contributed by atoms with Crippen LogP contribution in [0.2, 0.25) is 0 Å². The van der Waals surface area contributed by atoms with Crippen LogP contribution in [0.15, 0.2) is 12.1 Å². The minimum atomic E-state index is -0.722. The van der Waals surface area contributed by atoms with Gasteiger partial charge in [-0.2, -0.15) is 0 Å². The van der Waals surface area contributed by atoms with Crippen molar-refractivity contribution < 1.29 is 19.3 Å². The molecule has 0 bridgehead atoms. The Labute approximate surface area is 101 Å². The zero-order valence-corrected chi connectivity index (χ0v) is 10.4. The van der Waals surface area contributed by atoms with Crippen molar-refractivity contribution in [1.29, 1.82) is 0 Å². The second-order valence-corrected chi connectivity index (χ2v) is 4.33. The zero-order chi connectivity index (χ0) is 12.5. The predicted molar refractivity (Wildman–Crippen MR) is 63.4 cm³/mol. The first-order valence-electron chi connectivity index (χ1n) is 5.61. The number of methoxy groups -OCH3 is 3. The topological polar surface area (TPSA) is 47.9 Å². The van der Waals surface area contributed by atoms with Gasteiger partial charge < -0.3 is 19.3 Å². The van der Waals surface area contributed by atoms with Gasteiger partial charge in [0.2, 0.25) is 0 Å². The lowest BCUT2D eigenvalue weighted by Gasteiger charge is -2.17. The van der Waals surface area contributed by atoms with Gasteiger partial charge in [0.25, 0.3) is 0 Å². The van der Waals surface area contributed by atoms with E-state index in [1.165, 1.54) is 0 Å².